The van der Waals surface area contributed by atoms with Gasteiger partial charge in [0.15, 0.2) is 0 Å². The maximum atomic E-state index is 12.9. The number of carbonyl (C=O) groups is 1. The minimum absolute atomic E-state index is 0.0574. The molecule has 2 aromatic rings. The number of piperidine rings is 1. The molecule has 0 radical (unpaired) electrons. The number of amides is 1. The smallest absolute Gasteiger partial charge is 0.224 e. The van der Waals surface area contributed by atoms with E-state index in [4.69, 9.17) is 0 Å². The molecule has 4 heteroatoms. The predicted molar refractivity (Wildman–Crippen MR) is 104 cm³/mol. The lowest BCUT2D eigenvalue weighted by Gasteiger charge is -2.33. The van der Waals surface area contributed by atoms with Crippen molar-refractivity contribution in [3.05, 3.63) is 65.5 Å². The summed E-state index contributed by atoms with van der Waals surface area (Å²) in [5.74, 6) is 0.400. The molecule has 3 rings (SSSR count). The van der Waals surface area contributed by atoms with Gasteiger partial charge in [0.25, 0.3) is 0 Å². The Bertz CT molecular complexity index is 727. The first-order valence-electron chi connectivity index (χ1n) is 9.40. The minimum Gasteiger partial charge on any atom is -0.371 e. The summed E-state index contributed by atoms with van der Waals surface area (Å²) in [6.45, 7) is 6.52. The fourth-order valence-corrected chi connectivity index (χ4v) is 3.56. The van der Waals surface area contributed by atoms with Crippen molar-refractivity contribution in [2.24, 2.45) is 5.92 Å². The monoisotopic (exact) mass is 354 g/mol. The predicted octanol–water partition coefficient (Wildman–Crippen LogP) is 4.48. The Labute approximate surface area is 155 Å². The van der Waals surface area contributed by atoms with Gasteiger partial charge in [-0.2, -0.15) is 0 Å². The highest BCUT2D eigenvalue weighted by Crippen LogP contribution is 2.24. The van der Waals surface area contributed by atoms with Crippen molar-refractivity contribution in [3.63, 3.8) is 0 Å². The van der Waals surface area contributed by atoms with E-state index in [2.05, 4.69) is 41.4 Å². The van der Waals surface area contributed by atoms with Crippen LogP contribution in [0.1, 0.15) is 43.9 Å². The van der Waals surface area contributed by atoms with Gasteiger partial charge in [-0.1, -0.05) is 31.2 Å². The van der Waals surface area contributed by atoms with Crippen LogP contribution in [0, 0.1) is 11.7 Å². The molecule has 0 aromatic heterocycles. The molecular weight excluding hydrogens is 327 g/mol. The molecule has 3 nitrogen and oxygen atoms in total. The van der Waals surface area contributed by atoms with Crippen LogP contribution in [0.15, 0.2) is 48.5 Å². The molecule has 1 fully saturated rings. The Hall–Kier alpha value is -2.36. The first-order valence-corrected chi connectivity index (χ1v) is 9.40. The number of nitrogens with one attached hydrogen (secondary N) is 1. The van der Waals surface area contributed by atoms with E-state index in [0.29, 0.717) is 0 Å². The Morgan fingerprint density at radius 3 is 2.54 bits per heavy atom. The van der Waals surface area contributed by atoms with E-state index >= 15 is 0 Å². The molecule has 26 heavy (non-hydrogen) atoms. The molecule has 138 valence electrons. The van der Waals surface area contributed by atoms with E-state index in [1.165, 1.54) is 30.7 Å². The summed E-state index contributed by atoms with van der Waals surface area (Å²) in [6.07, 6.45) is 2.82. The SMILES string of the molecule is C[C@@H]1CCCN(c2ccc([C@@H](C)NC(=O)Cc3ccc(F)cc3)cc2)C1. The molecule has 1 aliphatic heterocycles. The highest BCUT2D eigenvalue weighted by molar-refractivity contribution is 5.79. The van der Waals surface area contributed by atoms with Gasteiger partial charge in [0, 0.05) is 18.8 Å². The van der Waals surface area contributed by atoms with Gasteiger partial charge in [0.05, 0.1) is 12.5 Å². The van der Waals surface area contributed by atoms with Crippen LogP contribution in [0.4, 0.5) is 10.1 Å². The van der Waals surface area contributed by atoms with Crippen molar-refractivity contribution >= 4 is 11.6 Å². The third-order valence-corrected chi connectivity index (χ3v) is 5.07. The number of anilines is 1. The van der Waals surface area contributed by atoms with Crippen molar-refractivity contribution in [3.8, 4) is 0 Å². The molecule has 0 unspecified atom stereocenters. The van der Waals surface area contributed by atoms with Gasteiger partial charge >= 0.3 is 0 Å². The van der Waals surface area contributed by atoms with Crippen molar-refractivity contribution in [1.29, 1.82) is 0 Å². The Morgan fingerprint density at radius 1 is 1.19 bits per heavy atom. The number of rotatable bonds is 5. The van der Waals surface area contributed by atoms with Crippen LogP contribution in [0.2, 0.25) is 0 Å². The second-order valence-electron chi connectivity index (χ2n) is 7.38. The van der Waals surface area contributed by atoms with Gasteiger partial charge in [-0.3, -0.25) is 4.79 Å². The van der Waals surface area contributed by atoms with Gasteiger partial charge in [-0.05, 0) is 61.1 Å². The third kappa shape index (κ3) is 4.84. The van der Waals surface area contributed by atoms with Crippen molar-refractivity contribution in [2.75, 3.05) is 18.0 Å². The van der Waals surface area contributed by atoms with Crippen LogP contribution in [-0.4, -0.2) is 19.0 Å². The molecule has 1 saturated heterocycles. The molecule has 1 amide bonds. The molecule has 0 bridgehead atoms. The zero-order valence-corrected chi connectivity index (χ0v) is 15.5. The van der Waals surface area contributed by atoms with E-state index in [9.17, 15) is 9.18 Å². The minimum atomic E-state index is -0.286. The molecular formula is C22H27FN2O. The summed E-state index contributed by atoms with van der Waals surface area (Å²) < 4.78 is 12.9. The zero-order chi connectivity index (χ0) is 18.5. The number of halogens is 1. The molecule has 1 N–H and O–H groups in total. The number of benzene rings is 2. The first kappa shape index (κ1) is 18.4. The molecule has 2 atom stereocenters. The largest absolute Gasteiger partial charge is 0.371 e. The van der Waals surface area contributed by atoms with Crippen LogP contribution >= 0.6 is 0 Å². The zero-order valence-electron chi connectivity index (χ0n) is 15.5. The van der Waals surface area contributed by atoms with Crippen molar-refractivity contribution in [2.45, 2.75) is 39.2 Å². The van der Waals surface area contributed by atoms with Crippen molar-refractivity contribution in [1.82, 2.24) is 5.32 Å². The molecule has 2 aromatic carbocycles. The van der Waals surface area contributed by atoms with Gasteiger partial charge < -0.3 is 10.2 Å². The Kier molecular flexibility index (Phi) is 5.92. The lowest BCUT2D eigenvalue weighted by atomic mass is 9.99. The maximum absolute atomic E-state index is 12.9. The highest BCUT2D eigenvalue weighted by atomic mass is 19.1. The molecule has 0 spiro atoms. The van der Waals surface area contributed by atoms with Crippen LogP contribution in [0.5, 0.6) is 0 Å². The van der Waals surface area contributed by atoms with E-state index < -0.39 is 0 Å². The summed E-state index contributed by atoms with van der Waals surface area (Å²) in [6, 6.07) is 14.5. The topological polar surface area (TPSA) is 32.3 Å². The molecule has 0 aliphatic carbocycles. The Morgan fingerprint density at radius 2 is 1.88 bits per heavy atom. The molecule has 1 heterocycles. The normalized spacial score (nSPS) is 18.4. The maximum Gasteiger partial charge on any atom is 0.224 e. The number of hydrogen-bond acceptors (Lipinski definition) is 2. The third-order valence-electron chi connectivity index (χ3n) is 5.07. The van der Waals surface area contributed by atoms with Crippen LogP contribution < -0.4 is 10.2 Å². The quantitative estimate of drug-likeness (QED) is 0.858. The summed E-state index contributed by atoms with van der Waals surface area (Å²) >= 11 is 0. The average Bonchev–Trinajstić information content (AvgIpc) is 2.64. The fourth-order valence-electron chi connectivity index (χ4n) is 3.56. The number of nitrogens with zero attached hydrogens (tertiary/aromatic N) is 1. The fraction of sp³-hybridized carbons (Fsp3) is 0.409. The van der Waals surface area contributed by atoms with Gasteiger partial charge in [0.2, 0.25) is 5.91 Å². The summed E-state index contributed by atoms with van der Waals surface area (Å²) in [4.78, 5) is 14.7. The number of hydrogen-bond donors (Lipinski definition) is 1. The van der Waals surface area contributed by atoms with E-state index in [0.717, 1.165) is 30.1 Å². The molecule has 0 saturated carbocycles. The second kappa shape index (κ2) is 8.35. The second-order valence-corrected chi connectivity index (χ2v) is 7.38. The lowest BCUT2D eigenvalue weighted by Crippen LogP contribution is -2.34. The molecule has 1 aliphatic rings. The first-order chi connectivity index (χ1) is 12.5. The van der Waals surface area contributed by atoms with Gasteiger partial charge in [-0.15, -0.1) is 0 Å². The van der Waals surface area contributed by atoms with Crippen LogP contribution in [0.25, 0.3) is 0 Å². The lowest BCUT2D eigenvalue weighted by molar-refractivity contribution is -0.121. The standard InChI is InChI=1S/C22H27FN2O/c1-16-4-3-13-25(15-16)21-11-7-19(8-12-21)17(2)24-22(26)14-18-5-9-20(23)10-6-18/h5-12,16-17H,3-4,13-15H2,1-2H3,(H,24,26)/t16-,17-/m1/s1. The summed E-state index contributed by atoms with van der Waals surface area (Å²) in [5.41, 5.74) is 3.15. The van der Waals surface area contributed by atoms with Gasteiger partial charge in [0.1, 0.15) is 5.82 Å². The van der Waals surface area contributed by atoms with E-state index in [-0.39, 0.29) is 24.2 Å². The van der Waals surface area contributed by atoms with E-state index in [1.54, 1.807) is 12.1 Å². The Balaban J connectivity index is 1.56. The average molecular weight is 354 g/mol. The van der Waals surface area contributed by atoms with Crippen LogP contribution in [-0.2, 0) is 11.2 Å². The summed E-state index contributed by atoms with van der Waals surface area (Å²) in [5, 5.41) is 3.02. The van der Waals surface area contributed by atoms with Crippen molar-refractivity contribution < 1.29 is 9.18 Å². The van der Waals surface area contributed by atoms with Gasteiger partial charge in [-0.25, -0.2) is 4.39 Å². The van der Waals surface area contributed by atoms with E-state index in [1.807, 2.05) is 6.92 Å². The number of carbonyl (C=O) groups excluding carboxylic acids is 1. The summed E-state index contributed by atoms with van der Waals surface area (Å²) in [7, 11) is 0. The highest BCUT2D eigenvalue weighted by Gasteiger charge is 2.17. The van der Waals surface area contributed by atoms with Crippen LogP contribution in [0.3, 0.4) is 0 Å².